The van der Waals surface area contributed by atoms with Crippen molar-refractivity contribution in [2.75, 3.05) is 12.4 Å². The average Bonchev–Trinajstić information content (AvgIpc) is 2.69. The number of hydrogen-bond donors (Lipinski definition) is 1. The normalized spacial score (nSPS) is 13.0. The van der Waals surface area contributed by atoms with Gasteiger partial charge in [0.2, 0.25) is 0 Å². The van der Waals surface area contributed by atoms with E-state index in [1.54, 1.807) is 0 Å². The molecule has 80 valence electrons. The van der Waals surface area contributed by atoms with E-state index in [4.69, 9.17) is 11.6 Å². The maximum atomic E-state index is 5.73. The Balaban J connectivity index is 1.95. The van der Waals surface area contributed by atoms with Gasteiger partial charge in [-0.2, -0.15) is 0 Å². The van der Waals surface area contributed by atoms with Crippen molar-refractivity contribution < 1.29 is 0 Å². The Labute approximate surface area is 95.5 Å². The van der Waals surface area contributed by atoms with Crippen LogP contribution in [0, 0.1) is 5.92 Å². The molecule has 3 heteroatoms. The SMILES string of the molecule is CC(CCl)CCCNCc1cccs1. The first kappa shape index (κ1) is 12.0. The van der Waals surface area contributed by atoms with Crippen LogP contribution in [0.2, 0.25) is 0 Å². The molecule has 0 aromatic carbocycles. The smallest absolute Gasteiger partial charge is 0.0299 e. The number of hydrogen-bond acceptors (Lipinski definition) is 2. The molecule has 1 heterocycles. The van der Waals surface area contributed by atoms with Crippen molar-refractivity contribution in [3.8, 4) is 0 Å². The number of rotatable bonds is 7. The van der Waals surface area contributed by atoms with E-state index < -0.39 is 0 Å². The second kappa shape index (κ2) is 7.27. The molecule has 1 nitrogen and oxygen atoms in total. The fourth-order valence-electron chi connectivity index (χ4n) is 1.28. The van der Waals surface area contributed by atoms with Crippen molar-refractivity contribution in [2.45, 2.75) is 26.3 Å². The summed E-state index contributed by atoms with van der Waals surface area (Å²) in [5.74, 6) is 1.44. The summed E-state index contributed by atoms with van der Waals surface area (Å²) >= 11 is 7.54. The maximum Gasteiger partial charge on any atom is 0.0299 e. The summed E-state index contributed by atoms with van der Waals surface area (Å²) in [5, 5.41) is 5.55. The Kier molecular flexibility index (Phi) is 6.24. The second-order valence-electron chi connectivity index (χ2n) is 3.66. The molecule has 0 radical (unpaired) electrons. The maximum absolute atomic E-state index is 5.73. The zero-order valence-electron chi connectivity index (χ0n) is 8.63. The van der Waals surface area contributed by atoms with E-state index in [2.05, 4.69) is 29.8 Å². The molecule has 0 bridgehead atoms. The third-order valence-electron chi connectivity index (χ3n) is 2.19. The molecule has 0 saturated carbocycles. The Bertz CT molecular complexity index is 223. The molecule has 1 N–H and O–H groups in total. The summed E-state index contributed by atoms with van der Waals surface area (Å²) in [7, 11) is 0. The predicted molar refractivity (Wildman–Crippen MR) is 65.1 cm³/mol. The minimum absolute atomic E-state index is 0.653. The standard InChI is InChI=1S/C11H18ClNS/c1-10(8-12)4-2-6-13-9-11-5-3-7-14-11/h3,5,7,10,13H,2,4,6,8-9H2,1H3. The van der Waals surface area contributed by atoms with Gasteiger partial charge in [0.15, 0.2) is 0 Å². The van der Waals surface area contributed by atoms with Crippen LogP contribution in [0.15, 0.2) is 17.5 Å². The van der Waals surface area contributed by atoms with Gasteiger partial charge in [0.1, 0.15) is 0 Å². The van der Waals surface area contributed by atoms with Crippen LogP contribution in [0.25, 0.3) is 0 Å². The molecular weight excluding hydrogens is 214 g/mol. The summed E-state index contributed by atoms with van der Waals surface area (Å²) in [6.07, 6.45) is 2.44. The first-order chi connectivity index (χ1) is 6.83. The molecule has 0 aliphatic rings. The molecule has 0 fully saturated rings. The molecule has 0 spiro atoms. The van der Waals surface area contributed by atoms with E-state index in [1.807, 2.05) is 11.3 Å². The molecule has 1 unspecified atom stereocenters. The van der Waals surface area contributed by atoms with Gasteiger partial charge < -0.3 is 5.32 Å². The summed E-state index contributed by atoms with van der Waals surface area (Å²) in [4.78, 5) is 1.41. The third-order valence-corrected chi connectivity index (χ3v) is 3.60. The highest BCUT2D eigenvalue weighted by Crippen LogP contribution is 2.08. The van der Waals surface area contributed by atoms with Crippen LogP contribution >= 0.6 is 22.9 Å². The van der Waals surface area contributed by atoms with E-state index >= 15 is 0 Å². The number of thiophene rings is 1. The van der Waals surface area contributed by atoms with E-state index in [1.165, 1.54) is 17.7 Å². The molecule has 1 aromatic heterocycles. The van der Waals surface area contributed by atoms with Gasteiger partial charge in [0.05, 0.1) is 0 Å². The van der Waals surface area contributed by atoms with Crippen LogP contribution < -0.4 is 5.32 Å². The second-order valence-corrected chi connectivity index (χ2v) is 5.00. The zero-order valence-corrected chi connectivity index (χ0v) is 10.2. The highest BCUT2D eigenvalue weighted by atomic mass is 35.5. The molecule has 0 amide bonds. The van der Waals surface area contributed by atoms with Gasteiger partial charge in [-0.05, 0) is 36.8 Å². The number of alkyl halides is 1. The quantitative estimate of drug-likeness (QED) is 0.560. The van der Waals surface area contributed by atoms with Gasteiger partial charge in [-0.1, -0.05) is 13.0 Å². The van der Waals surface area contributed by atoms with Crippen LogP contribution in [-0.2, 0) is 6.54 Å². The van der Waals surface area contributed by atoms with Crippen molar-refractivity contribution in [3.05, 3.63) is 22.4 Å². The summed E-state index contributed by atoms with van der Waals surface area (Å²) < 4.78 is 0. The van der Waals surface area contributed by atoms with Gasteiger partial charge in [0, 0.05) is 17.3 Å². The molecule has 1 aromatic rings. The van der Waals surface area contributed by atoms with E-state index in [9.17, 15) is 0 Å². The lowest BCUT2D eigenvalue weighted by Gasteiger charge is -2.07. The van der Waals surface area contributed by atoms with Crippen LogP contribution in [0.1, 0.15) is 24.6 Å². The van der Waals surface area contributed by atoms with E-state index in [-0.39, 0.29) is 0 Å². The summed E-state index contributed by atoms with van der Waals surface area (Å²) in [5.41, 5.74) is 0. The Hall–Kier alpha value is -0.0500. The lowest BCUT2D eigenvalue weighted by atomic mass is 10.1. The van der Waals surface area contributed by atoms with Gasteiger partial charge in [-0.15, -0.1) is 22.9 Å². The number of halogens is 1. The topological polar surface area (TPSA) is 12.0 Å². The van der Waals surface area contributed by atoms with Crippen LogP contribution in [0.4, 0.5) is 0 Å². The fourth-order valence-corrected chi connectivity index (χ4v) is 2.11. The molecular formula is C11H18ClNS. The first-order valence-electron chi connectivity index (χ1n) is 5.12. The van der Waals surface area contributed by atoms with Crippen molar-refractivity contribution >= 4 is 22.9 Å². The van der Waals surface area contributed by atoms with Crippen molar-refractivity contribution in [1.29, 1.82) is 0 Å². The Morgan fingerprint density at radius 1 is 1.57 bits per heavy atom. The van der Waals surface area contributed by atoms with Crippen LogP contribution in [0.5, 0.6) is 0 Å². The Morgan fingerprint density at radius 2 is 2.43 bits per heavy atom. The lowest BCUT2D eigenvalue weighted by Crippen LogP contribution is -2.14. The molecule has 0 aliphatic carbocycles. The van der Waals surface area contributed by atoms with Crippen molar-refractivity contribution in [2.24, 2.45) is 5.92 Å². The van der Waals surface area contributed by atoms with Crippen LogP contribution in [0.3, 0.4) is 0 Å². The monoisotopic (exact) mass is 231 g/mol. The molecule has 0 aliphatic heterocycles. The van der Waals surface area contributed by atoms with Crippen molar-refractivity contribution in [1.82, 2.24) is 5.32 Å². The number of nitrogens with one attached hydrogen (secondary N) is 1. The highest BCUT2D eigenvalue weighted by molar-refractivity contribution is 7.09. The summed E-state index contributed by atoms with van der Waals surface area (Å²) in [6, 6.07) is 4.26. The average molecular weight is 232 g/mol. The molecule has 1 atom stereocenters. The van der Waals surface area contributed by atoms with Crippen LogP contribution in [-0.4, -0.2) is 12.4 Å². The third kappa shape index (κ3) is 4.99. The van der Waals surface area contributed by atoms with Gasteiger partial charge in [-0.25, -0.2) is 0 Å². The molecule has 14 heavy (non-hydrogen) atoms. The Morgan fingerprint density at radius 3 is 3.07 bits per heavy atom. The van der Waals surface area contributed by atoms with Gasteiger partial charge in [-0.3, -0.25) is 0 Å². The minimum atomic E-state index is 0.653. The predicted octanol–water partition coefficient (Wildman–Crippen LogP) is 3.49. The zero-order chi connectivity index (χ0) is 10.2. The van der Waals surface area contributed by atoms with Crippen molar-refractivity contribution in [3.63, 3.8) is 0 Å². The fraction of sp³-hybridized carbons (Fsp3) is 0.636. The first-order valence-corrected chi connectivity index (χ1v) is 6.53. The summed E-state index contributed by atoms with van der Waals surface area (Å²) in [6.45, 7) is 4.30. The highest BCUT2D eigenvalue weighted by Gasteiger charge is 1.99. The van der Waals surface area contributed by atoms with E-state index in [0.29, 0.717) is 5.92 Å². The molecule has 1 rings (SSSR count). The lowest BCUT2D eigenvalue weighted by molar-refractivity contribution is 0.532. The van der Waals surface area contributed by atoms with Gasteiger partial charge >= 0.3 is 0 Å². The minimum Gasteiger partial charge on any atom is -0.312 e. The largest absolute Gasteiger partial charge is 0.312 e. The molecule has 0 saturated heterocycles. The van der Waals surface area contributed by atoms with Gasteiger partial charge in [0.25, 0.3) is 0 Å². The van der Waals surface area contributed by atoms with E-state index in [0.717, 1.165) is 19.0 Å².